The zero-order valence-corrected chi connectivity index (χ0v) is 9.45. The molecule has 17 heavy (non-hydrogen) atoms. The number of hydrogen-bond acceptors (Lipinski definition) is 4. The van der Waals surface area contributed by atoms with Gasteiger partial charge in [0.2, 0.25) is 6.79 Å². The van der Waals surface area contributed by atoms with Crippen molar-refractivity contribution in [2.24, 2.45) is 0 Å². The van der Waals surface area contributed by atoms with Crippen molar-refractivity contribution in [1.29, 1.82) is 0 Å². The van der Waals surface area contributed by atoms with Crippen LogP contribution in [0.15, 0.2) is 6.07 Å². The second-order valence-electron chi connectivity index (χ2n) is 4.20. The van der Waals surface area contributed by atoms with Crippen LogP contribution in [0.3, 0.4) is 0 Å². The highest BCUT2D eigenvalue weighted by molar-refractivity contribution is 6.32. The van der Waals surface area contributed by atoms with Crippen LogP contribution in [-0.2, 0) is 10.2 Å². The summed E-state index contributed by atoms with van der Waals surface area (Å²) in [5.74, 6) is -0.522. The number of benzene rings is 1. The molecule has 1 heterocycles. The maximum atomic E-state index is 11.3. The number of aliphatic carboxylic acids is 1. The zero-order chi connectivity index (χ0) is 12.2. The van der Waals surface area contributed by atoms with E-state index < -0.39 is 11.4 Å². The zero-order valence-electron chi connectivity index (χ0n) is 8.70. The molecule has 90 valence electrons. The first-order valence-electron chi connectivity index (χ1n) is 5.11. The van der Waals surface area contributed by atoms with Gasteiger partial charge in [-0.05, 0) is 12.8 Å². The summed E-state index contributed by atoms with van der Waals surface area (Å²) in [6, 6.07) is 1.43. The first-order chi connectivity index (χ1) is 8.06. The van der Waals surface area contributed by atoms with Gasteiger partial charge in [0, 0.05) is 6.07 Å². The van der Waals surface area contributed by atoms with Gasteiger partial charge in [0.25, 0.3) is 0 Å². The lowest BCUT2D eigenvalue weighted by Crippen LogP contribution is -2.20. The highest BCUT2D eigenvalue weighted by Gasteiger charge is 2.56. The lowest BCUT2D eigenvalue weighted by molar-refractivity contribution is -0.140. The number of rotatable bonds is 2. The third kappa shape index (κ3) is 1.29. The van der Waals surface area contributed by atoms with Gasteiger partial charge in [-0.25, -0.2) is 0 Å². The first-order valence-corrected chi connectivity index (χ1v) is 5.49. The third-order valence-corrected chi connectivity index (χ3v) is 3.52. The van der Waals surface area contributed by atoms with Crippen LogP contribution in [0.1, 0.15) is 18.4 Å². The average Bonchev–Trinajstić information content (AvgIpc) is 2.95. The highest BCUT2D eigenvalue weighted by atomic mass is 35.5. The van der Waals surface area contributed by atoms with E-state index in [0.717, 1.165) is 0 Å². The van der Waals surface area contributed by atoms with E-state index >= 15 is 0 Å². The number of fused-ring (bicyclic) bond motifs is 1. The van der Waals surface area contributed by atoms with Gasteiger partial charge in [0.05, 0.1) is 10.6 Å². The molecule has 0 radical (unpaired) electrons. The van der Waals surface area contributed by atoms with Crippen LogP contribution in [0.25, 0.3) is 0 Å². The molecule has 0 bridgehead atoms. The van der Waals surface area contributed by atoms with E-state index in [-0.39, 0.29) is 23.1 Å². The molecule has 1 aromatic carbocycles. The lowest BCUT2D eigenvalue weighted by atomic mass is 9.93. The summed E-state index contributed by atoms with van der Waals surface area (Å²) >= 11 is 5.86. The van der Waals surface area contributed by atoms with Gasteiger partial charge in [-0.3, -0.25) is 4.79 Å². The van der Waals surface area contributed by atoms with E-state index in [9.17, 15) is 15.0 Å². The van der Waals surface area contributed by atoms with Crippen molar-refractivity contribution in [3.8, 4) is 17.2 Å². The molecule has 0 amide bonds. The molecule has 1 aliphatic carbocycles. The van der Waals surface area contributed by atoms with Crippen LogP contribution in [0.4, 0.5) is 0 Å². The molecule has 0 spiro atoms. The van der Waals surface area contributed by atoms with Crippen LogP contribution in [-0.4, -0.2) is 23.0 Å². The minimum atomic E-state index is -1.08. The molecule has 5 nitrogen and oxygen atoms in total. The van der Waals surface area contributed by atoms with Crippen LogP contribution >= 0.6 is 11.6 Å². The number of phenolic OH excluding ortho intramolecular Hbond substituents is 1. The fraction of sp³-hybridized carbons (Fsp3) is 0.364. The maximum absolute atomic E-state index is 11.3. The molecular weight excluding hydrogens is 248 g/mol. The molecule has 0 saturated heterocycles. The summed E-state index contributed by atoms with van der Waals surface area (Å²) in [6.45, 7) is 0.0117. The Kier molecular flexibility index (Phi) is 1.98. The van der Waals surface area contributed by atoms with E-state index in [4.69, 9.17) is 21.1 Å². The van der Waals surface area contributed by atoms with Gasteiger partial charge in [-0.1, -0.05) is 11.6 Å². The molecule has 0 unspecified atom stereocenters. The largest absolute Gasteiger partial charge is 0.506 e. The molecule has 0 aromatic heterocycles. The number of hydrogen-bond donors (Lipinski definition) is 2. The number of carbonyl (C=O) groups is 1. The number of carboxylic acid groups (broad SMARTS) is 1. The number of ether oxygens (including phenoxy) is 2. The maximum Gasteiger partial charge on any atom is 0.314 e. The van der Waals surface area contributed by atoms with Crippen LogP contribution in [0.5, 0.6) is 17.2 Å². The monoisotopic (exact) mass is 256 g/mol. The van der Waals surface area contributed by atoms with Crippen molar-refractivity contribution < 1.29 is 24.5 Å². The second kappa shape index (κ2) is 3.20. The van der Waals surface area contributed by atoms with Gasteiger partial charge in [-0.2, -0.15) is 0 Å². The smallest absolute Gasteiger partial charge is 0.314 e. The number of aromatic hydroxyl groups is 1. The van der Waals surface area contributed by atoms with Crippen LogP contribution < -0.4 is 9.47 Å². The molecule has 2 aliphatic rings. The van der Waals surface area contributed by atoms with Crippen molar-refractivity contribution in [2.45, 2.75) is 18.3 Å². The Hall–Kier alpha value is -1.62. The molecule has 1 aromatic rings. The lowest BCUT2D eigenvalue weighted by Gasteiger charge is -2.15. The van der Waals surface area contributed by atoms with Crippen molar-refractivity contribution in [3.63, 3.8) is 0 Å². The summed E-state index contributed by atoms with van der Waals surface area (Å²) in [6.07, 6.45) is 0.929. The Bertz CT molecular complexity index is 521. The minimum Gasteiger partial charge on any atom is -0.506 e. The van der Waals surface area contributed by atoms with Gasteiger partial charge < -0.3 is 19.7 Å². The molecule has 2 N–H and O–H groups in total. The predicted molar refractivity (Wildman–Crippen MR) is 57.8 cm³/mol. The molecule has 0 atom stereocenters. The normalized spacial score (nSPS) is 19.1. The summed E-state index contributed by atoms with van der Waals surface area (Å²) < 4.78 is 10.4. The SMILES string of the molecule is O=C(O)C1(c2c(O)c(Cl)cc3c2OCO3)CC1. The van der Waals surface area contributed by atoms with Crippen molar-refractivity contribution >= 4 is 17.6 Å². The van der Waals surface area contributed by atoms with Crippen LogP contribution in [0.2, 0.25) is 5.02 Å². The summed E-state index contributed by atoms with van der Waals surface area (Å²) in [5.41, 5.74) is -0.836. The Morgan fingerprint density at radius 1 is 1.41 bits per heavy atom. The first kappa shape index (κ1) is 10.5. The fourth-order valence-corrected chi connectivity index (χ4v) is 2.33. The van der Waals surface area contributed by atoms with Crippen molar-refractivity contribution in [1.82, 2.24) is 0 Å². The average molecular weight is 257 g/mol. The number of halogens is 1. The van der Waals surface area contributed by atoms with Gasteiger partial charge >= 0.3 is 5.97 Å². The third-order valence-electron chi connectivity index (χ3n) is 3.23. The Morgan fingerprint density at radius 2 is 2.12 bits per heavy atom. The molecule has 1 fully saturated rings. The molecule has 6 heteroatoms. The van der Waals surface area contributed by atoms with Crippen molar-refractivity contribution in [2.75, 3.05) is 6.79 Å². The van der Waals surface area contributed by atoms with E-state index in [0.29, 0.717) is 24.3 Å². The number of carboxylic acids is 1. The van der Waals surface area contributed by atoms with E-state index in [1.165, 1.54) is 6.07 Å². The number of phenols is 1. The molecule has 1 saturated carbocycles. The molecule has 1 aliphatic heterocycles. The summed E-state index contributed by atoms with van der Waals surface area (Å²) in [7, 11) is 0. The highest BCUT2D eigenvalue weighted by Crippen LogP contribution is 2.59. The topological polar surface area (TPSA) is 76.0 Å². The Labute approximate surface area is 102 Å². The summed E-state index contributed by atoms with van der Waals surface area (Å²) in [4.78, 5) is 11.3. The Morgan fingerprint density at radius 3 is 2.71 bits per heavy atom. The van der Waals surface area contributed by atoms with Crippen molar-refractivity contribution in [3.05, 3.63) is 16.7 Å². The van der Waals surface area contributed by atoms with Gasteiger partial charge in [0.1, 0.15) is 11.2 Å². The standard InChI is InChI=1S/C11H9ClO5/c12-5-3-6-9(17-4-16-6)7(8(5)13)11(1-2-11)10(14)15/h3,13H,1-2,4H2,(H,14,15). The van der Waals surface area contributed by atoms with Gasteiger partial charge in [0.15, 0.2) is 11.5 Å². The van der Waals surface area contributed by atoms with Crippen LogP contribution in [0, 0.1) is 0 Å². The fourth-order valence-electron chi connectivity index (χ4n) is 2.14. The molecule has 3 rings (SSSR count). The quantitative estimate of drug-likeness (QED) is 0.845. The van der Waals surface area contributed by atoms with Gasteiger partial charge in [-0.15, -0.1) is 0 Å². The second-order valence-corrected chi connectivity index (χ2v) is 4.61. The van der Waals surface area contributed by atoms with E-state index in [1.54, 1.807) is 0 Å². The molecular formula is C11H9ClO5. The predicted octanol–water partition coefficient (Wildman–Crippen LogP) is 1.89. The van der Waals surface area contributed by atoms with E-state index in [1.807, 2.05) is 0 Å². The summed E-state index contributed by atoms with van der Waals surface area (Å²) in [5, 5.41) is 19.3. The Balaban J connectivity index is 2.26. The van der Waals surface area contributed by atoms with E-state index in [2.05, 4.69) is 0 Å². The minimum absolute atomic E-state index is 0.0117.